The van der Waals surface area contributed by atoms with Gasteiger partial charge in [-0.2, -0.15) is 5.26 Å². The van der Waals surface area contributed by atoms with Crippen LogP contribution in [0, 0.1) is 11.3 Å². The molecule has 318 valence electrons. The maximum absolute atomic E-state index is 11.6. The molecule has 0 saturated carbocycles. The number of nitriles is 1. The zero-order valence-corrected chi connectivity index (χ0v) is 38.5. The summed E-state index contributed by atoms with van der Waals surface area (Å²) in [5, 5.41) is 18.9. The van der Waals surface area contributed by atoms with E-state index >= 15 is 0 Å². The number of carbonyl (C=O) groups is 1. The molecular formula is C59H54N2O2S. The van der Waals surface area contributed by atoms with Crippen LogP contribution in [0.3, 0.4) is 0 Å². The van der Waals surface area contributed by atoms with Crippen molar-refractivity contribution in [3.63, 3.8) is 0 Å². The Kier molecular flexibility index (Phi) is 10.2. The lowest BCUT2D eigenvalue weighted by molar-refractivity contribution is -0.132. The Labute approximate surface area is 382 Å². The van der Waals surface area contributed by atoms with Crippen molar-refractivity contribution in [2.45, 2.75) is 96.3 Å². The quantitative estimate of drug-likeness (QED) is 0.0982. The first-order valence-electron chi connectivity index (χ1n) is 23.2. The van der Waals surface area contributed by atoms with Crippen LogP contribution >= 0.6 is 11.3 Å². The summed E-state index contributed by atoms with van der Waals surface area (Å²) in [6.07, 6.45) is 7.48. The smallest absolute Gasteiger partial charge is 0.346 e. The third-order valence-electron chi connectivity index (χ3n) is 15.8. The second kappa shape index (κ2) is 15.6. The Morgan fingerprint density at radius 2 is 0.922 bits per heavy atom. The molecule has 0 fully saturated rings. The van der Waals surface area contributed by atoms with Crippen molar-refractivity contribution < 1.29 is 9.90 Å². The molecule has 0 atom stereocenters. The molecule has 0 saturated heterocycles. The van der Waals surface area contributed by atoms with E-state index in [2.05, 4.69) is 168 Å². The lowest BCUT2D eigenvalue weighted by Gasteiger charge is -2.34. The highest BCUT2D eigenvalue weighted by Crippen LogP contribution is 2.58. The van der Waals surface area contributed by atoms with Gasteiger partial charge in [-0.25, -0.2) is 4.79 Å². The largest absolute Gasteiger partial charge is 0.477 e. The predicted molar refractivity (Wildman–Crippen MR) is 266 cm³/mol. The molecule has 0 amide bonds. The molecular weight excluding hydrogens is 801 g/mol. The van der Waals surface area contributed by atoms with Gasteiger partial charge in [-0.15, -0.1) is 11.3 Å². The molecule has 6 aromatic carbocycles. The fraction of sp³-hybridized carbons (Fsp3) is 0.254. The van der Waals surface area contributed by atoms with Crippen molar-refractivity contribution in [1.82, 2.24) is 0 Å². The molecule has 0 aliphatic heterocycles. The van der Waals surface area contributed by atoms with Gasteiger partial charge in [0.05, 0.1) is 0 Å². The van der Waals surface area contributed by atoms with Crippen LogP contribution < -0.4 is 4.90 Å². The molecule has 1 aromatic heterocycles. The number of anilines is 3. The van der Waals surface area contributed by atoms with Gasteiger partial charge in [0.1, 0.15) is 11.6 Å². The minimum atomic E-state index is -1.21. The topological polar surface area (TPSA) is 64.3 Å². The molecule has 5 heteroatoms. The number of hydrogen-bond donors (Lipinski definition) is 1. The van der Waals surface area contributed by atoms with Crippen molar-refractivity contribution in [1.29, 1.82) is 5.26 Å². The van der Waals surface area contributed by atoms with Crippen molar-refractivity contribution in [2.75, 3.05) is 4.90 Å². The number of nitrogens with zero attached hydrogens (tertiary/aromatic N) is 2. The van der Waals surface area contributed by atoms with Crippen LogP contribution in [0.4, 0.5) is 17.1 Å². The molecule has 10 rings (SSSR count). The van der Waals surface area contributed by atoms with Crippen LogP contribution in [0.5, 0.6) is 0 Å². The van der Waals surface area contributed by atoms with Gasteiger partial charge in [0, 0.05) is 43.1 Å². The summed E-state index contributed by atoms with van der Waals surface area (Å²) in [5.41, 5.74) is 20.4. The number of benzene rings is 6. The first-order valence-corrected chi connectivity index (χ1v) is 24.0. The van der Waals surface area contributed by atoms with Gasteiger partial charge < -0.3 is 10.0 Å². The van der Waals surface area contributed by atoms with Gasteiger partial charge in [-0.1, -0.05) is 120 Å². The van der Waals surface area contributed by atoms with Crippen molar-refractivity contribution in [2.24, 2.45) is 0 Å². The van der Waals surface area contributed by atoms with Crippen LogP contribution in [0.1, 0.15) is 118 Å². The normalized spacial score (nSPS) is 15.4. The fourth-order valence-corrected chi connectivity index (χ4v) is 13.2. The van der Waals surface area contributed by atoms with E-state index in [-0.39, 0.29) is 21.8 Å². The highest BCUT2D eigenvalue weighted by Gasteiger charge is 2.44. The van der Waals surface area contributed by atoms with Crippen molar-refractivity contribution in [3.05, 3.63) is 177 Å². The first-order chi connectivity index (χ1) is 31.1. The average molecular weight is 855 g/mol. The molecule has 1 heterocycles. The van der Waals surface area contributed by atoms with Crippen LogP contribution in [-0.2, 0) is 21.0 Å². The molecule has 64 heavy (non-hydrogen) atoms. The van der Waals surface area contributed by atoms with Crippen LogP contribution in [0.15, 0.2) is 139 Å². The molecule has 1 N–H and O–H groups in total. The molecule has 7 aromatic rings. The van der Waals surface area contributed by atoms with E-state index in [1.54, 1.807) is 0 Å². The molecule has 0 bridgehead atoms. The number of aliphatic carboxylic acids is 1. The number of fused-ring (bicyclic) bond motifs is 9. The average Bonchev–Trinajstić information content (AvgIpc) is 4.07. The van der Waals surface area contributed by atoms with E-state index in [9.17, 15) is 15.2 Å². The second-order valence-electron chi connectivity index (χ2n) is 17.9. The monoisotopic (exact) mass is 854 g/mol. The first kappa shape index (κ1) is 41.5. The van der Waals surface area contributed by atoms with Gasteiger partial charge in [0.2, 0.25) is 0 Å². The second-order valence-corrected chi connectivity index (χ2v) is 19.0. The van der Waals surface area contributed by atoms with Crippen LogP contribution in [-0.4, -0.2) is 11.1 Å². The van der Waals surface area contributed by atoms with Gasteiger partial charge >= 0.3 is 5.97 Å². The summed E-state index contributed by atoms with van der Waals surface area (Å²) in [7, 11) is 0. The summed E-state index contributed by atoms with van der Waals surface area (Å²) >= 11 is 1.51. The van der Waals surface area contributed by atoms with Gasteiger partial charge in [0.15, 0.2) is 0 Å². The van der Waals surface area contributed by atoms with E-state index in [1.165, 1.54) is 95.5 Å². The zero-order chi connectivity index (χ0) is 44.5. The third kappa shape index (κ3) is 5.81. The zero-order valence-electron chi connectivity index (χ0n) is 37.7. The summed E-state index contributed by atoms with van der Waals surface area (Å²) in [4.78, 5) is 15.9. The van der Waals surface area contributed by atoms with Gasteiger partial charge in [-0.05, 0) is 172 Å². The maximum Gasteiger partial charge on any atom is 0.346 e. The Morgan fingerprint density at radius 3 is 1.34 bits per heavy atom. The molecule has 0 spiro atoms. The fourth-order valence-electron chi connectivity index (χ4n) is 12.3. The van der Waals surface area contributed by atoms with Gasteiger partial charge in [-0.3, -0.25) is 0 Å². The highest BCUT2D eigenvalue weighted by atomic mass is 32.1. The number of rotatable bonds is 12. The van der Waals surface area contributed by atoms with E-state index in [4.69, 9.17) is 0 Å². The standard InChI is InChI=1S/C59H54N2O2S/c1-7-57(8-2)49-19-15-13-17-43(49)46-27-22-39(33-52(46)57)61(40-23-28-47-44-18-14-16-20-50(44)58(9-3,10-4)53(47)34-40)41-24-29-48-45-26-21-37(32-51(45)59(11-5,12-6)54(48)35-41)55-30-25-42(64-55)31-38(36-60)56(62)63/h13-35H,7-12H2,1-6H3,(H,62,63)/b38-31-. The molecule has 4 nitrogen and oxygen atoms in total. The Balaban J connectivity index is 1.15. The van der Waals surface area contributed by atoms with Crippen molar-refractivity contribution >= 4 is 40.4 Å². The number of hydrogen-bond acceptors (Lipinski definition) is 4. The van der Waals surface area contributed by atoms with E-state index in [0.29, 0.717) is 0 Å². The Bertz CT molecular complexity index is 2980. The summed E-state index contributed by atoms with van der Waals surface area (Å²) < 4.78 is 0. The molecule has 0 unspecified atom stereocenters. The van der Waals surface area contributed by atoms with E-state index in [0.717, 1.165) is 59.5 Å². The predicted octanol–water partition coefficient (Wildman–Crippen LogP) is 16.1. The van der Waals surface area contributed by atoms with Crippen LogP contribution in [0.25, 0.3) is 49.9 Å². The Hall–Kier alpha value is -6.48. The molecule has 3 aliphatic rings. The molecule has 3 aliphatic carbocycles. The SMILES string of the molecule is CCC1(CC)c2ccccc2-c2ccc(N(c3ccc4c(c3)C(CC)(CC)c3ccccc3-4)c3ccc4c(c3)C(CC)(CC)c3cc(-c5ccc(/C=C(/C#N)C(=O)O)s5)ccc3-4)cc21. The van der Waals surface area contributed by atoms with Crippen LogP contribution in [0.2, 0.25) is 0 Å². The van der Waals surface area contributed by atoms with Gasteiger partial charge in [0.25, 0.3) is 0 Å². The van der Waals surface area contributed by atoms with Crippen molar-refractivity contribution in [3.8, 4) is 49.9 Å². The lowest BCUT2D eigenvalue weighted by atomic mass is 9.73. The minimum Gasteiger partial charge on any atom is -0.477 e. The number of thiophene rings is 1. The Morgan fingerprint density at radius 1 is 0.531 bits per heavy atom. The lowest BCUT2D eigenvalue weighted by Crippen LogP contribution is -2.25. The number of carboxylic acids is 1. The molecule has 0 radical (unpaired) electrons. The minimum absolute atomic E-state index is 0.0580. The summed E-state index contributed by atoms with van der Waals surface area (Å²) in [5.74, 6) is -1.21. The van der Waals surface area contributed by atoms with E-state index in [1.807, 2.05) is 18.2 Å². The maximum atomic E-state index is 11.6. The third-order valence-corrected chi connectivity index (χ3v) is 16.9. The summed E-state index contributed by atoms with van der Waals surface area (Å²) in [6, 6.07) is 52.4. The number of carboxylic acid groups (broad SMARTS) is 1. The van der Waals surface area contributed by atoms with E-state index < -0.39 is 5.97 Å². The highest BCUT2D eigenvalue weighted by molar-refractivity contribution is 7.16. The summed E-state index contributed by atoms with van der Waals surface area (Å²) in [6.45, 7) is 14.1.